The van der Waals surface area contributed by atoms with Gasteiger partial charge in [-0.05, 0) is 37.1 Å². The zero-order valence-electron chi connectivity index (χ0n) is 14.0. The second-order valence-electron chi connectivity index (χ2n) is 5.91. The van der Waals surface area contributed by atoms with E-state index in [9.17, 15) is 14.7 Å². The van der Waals surface area contributed by atoms with E-state index in [-0.39, 0.29) is 18.7 Å². The van der Waals surface area contributed by atoms with Crippen LogP contribution in [-0.4, -0.2) is 24.1 Å². The Hall–Kier alpha value is -2.05. The minimum absolute atomic E-state index is 0.212. The highest BCUT2D eigenvalue weighted by Gasteiger charge is 2.31. The van der Waals surface area contributed by atoms with Gasteiger partial charge in [0.1, 0.15) is 5.75 Å². The standard InChI is InChI=1S/C18H20ClNO4S/c1-18(10-17(22)23,12-4-3-5-14(8-12)24-2)20-16(21)7-6-15-9-13(19)11-25-15/h3-5,8-9,11H,6-7,10H2,1-2H3,(H,20,21)(H,22,23). The number of aryl methyl sites for hydroxylation is 1. The number of hydrogen-bond acceptors (Lipinski definition) is 4. The van der Waals surface area contributed by atoms with Crippen molar-refractivity contribution in [1.29, 1.82) is 0 Å². The number of carbonyl (C=O) groups excluding carboxylic acids is 1. The van der Waals surface area contributed by atoms with Gasteiger partial charge in [0.15, 0.2) is 0 Å². The summed E-state index contributed by atoms with van der Waals surface area (Å²) in [5.74, 6) is -0.594. The molecular formula is C18H20ClNO4S. The van der Waals surface area contributed by atoms with Crippen molar-refractivity contribution < 1.29 is 19.4 Å². The Balaban J connectivity index is 2.12. The van der Waals surface area contributed by atoms with Gasteiger partial charge in [-0.25, -0.2) is 0 Å². The summed E-state index contributed by atoms with van der Waals surface area (Å²) in [6, 6.07) is 8.90. The lowest BCUT2D eigenvalue weighted by Crippen LogP contribution is -2.45. The summed E-state index contributed by atoms with van der Waals surface area (Å²) in [6.07, 6.45) is 0.594. The van der Waals surface area contributed by atoms with Crippen molar-refractivity contribution in [3.8, 4) is 5.75 Å². The molecule has 2 aromatic rings. The van der Waals surface area contributed by atoms with Crippen LogP contribution in [-0.2, 0) is 21.5 Å². The van der Waals surface area contributed by atoms with E-state index in [4.69, 9.17) is 16.3 Å². The van der Waals surface area contributed by atoms with Crippen LogP contribution >= 0.6 is 22.9 Å². The molecule has 0 saturated heterocycles. The van der Waals surface area contributed by atoms with Gasteiger partial charge in [0.2, 0.25) is 5.91 Å². The van der Waals surface area contributed by atoms with Crippen LogP contribution in [0.25, 0.3) is 0 Å². The first-order valence-electron chi connectivity index (χ1n) is 7.72. The predicted molar refractivity (Wildman–Crippen MR) is 98.4 cm³/mol. The molecule has 2 rings (SSSR count). The summed E-state index contributed by atoms with van der Waals surface area (Å²) in [4.78, 5) is 24.7. The first-order chi connectivity index (χ1) is 11.8. The average molecular weight is 382 g/mol. The first-order valence-corrected chi connectivity index (χ1v) is 8.98. The number of rotatable bonds is 8. The van der Waals surface area contributed by atoms with E-state index >= 15 is 0 Å². The molecule has 134 valence electrons. The number of aliphatic carboxylic acids is 1. The maximum atomic E-state index is 12.4. The van der Waals surface area contributed by atoms with Crippen LogP contribution in [0.3, 0.4) is 0 Å². The van der Waals surface area contributed by atoms with E-state index < -0.39 is 11.5 Å². The van der Waals surface area contributed by atoms with Gasteiger partial charge in [-0.1, -0.05) is 23.7 Å². The third-order valence-corrected chi connectivity index (χ3v) is 5.19. The molecule has 1 heterocycles. The van der Waals surface area contributed by atoms with Crippen molar-refractivity contribution in [3.63, 3.8) is 0 Å². The average Bonchev–Trinajstić information content (AvgIpc) is 2.97. The quantitative estimate of drug-likeness (QED) is 0.728. The van der Waals surface area contributed by atoms with Crippen molar-refractivity contribution in [3.05, 3.63) is 51.2 Å². The van der Waals surface area contributed by atoms with Crippen molar-refractivity contribution in [2.45, 2.75) is 31.7 Å². The number of amides is 1. The molecule has 7 heteroatoms. The molecule has 0 aliphatic heterocycles. The number of carboxylic acids is 1. The van der Waals surface area contributed by atoms with Gasteiger partial charge in [0.25, 0.3) is 0 Å². The Bertz CT molecular complexity index is 761. The number of carbonyl (C=O) groups is 2. The van der Waals surface area contributed by atoms with Gasteiger partial charge in [-0.15, -0.1) is 11.3 Å². The predicted octanol–water partition coefficient (Wildman–Crippen LogP) is 3.85. The van der Waals surface area contributed by atoms with Crippen LogP contribution in [0, 0.1) is 0 Å². The topological polar surface area (TPSA) is 75.6 Å². The Morgan fingerprint density at radius 2 is 2.12 bits per heavy atom. The first kappa shape index (κ1) is 19.3. The number of thiophene rings is 1. The molecule has 0 bridgehead atoms. The third kappa shape index (κ3) is 5.47. The van der Waals surface area contributed by atoms with Crippen LogP contribution in [0.4, 0.5) is 0 Å². The number of benzene rings is 1. The molecule has 1 atom stereocenters. The van der Waals surface area contributed by atoms with Gasteiger partial charge in [0.05, 0.1) is 24.1 Å². The maximum absolute atomic E-state index is 12.4. The molecule has 0 saturated carbocycles. The van der Waals surface area contributed by atoms with Crippen molar-refractivity contribution in [1.82, 2.24) is 5.32 Å². The summed E-state index contributed by atoms with van der Waals surface area (Å²) in [6.45, 7) is 1.70. The number of nitrogens with one attached hydrogen (secondary N) is 1. The van der Waals surface area contributed by atoms with E-state index in [1.165, 1.54) is 11.3 Å². The molecule has 0 spiro atoms. The fourth-order valence-corrected chi connectivity index (χ4v) is 3.66. The van der Waals surface area contributed by atoms with Crippen LogP contribution in [0.1, 0.15) is 30.2 Å². The summed E-state index contributed by atoms with van der Waals surface area (Å²) in [5, 5.41) is 14.6. The maximum Gasteiger partial charge on any atom is 0.306 e. The highest BCUT2D eigenvalue weighted by molar-refractivity contribution is 7.10. The normalized spacial score (nSPS) is 13.1. The molecule has 25 heavy (non-hydrogen) atoms. The van der Waals surface area contributed by atoms with E-state index in [0.29, 0.717) is 22.8 Å². The van der Waals surface area contributed by atoms with Crippen molar-refractivity contribution in [2.24, 2.45) is 0 Å². The molecule has 0 fully saturated rings. The van der Waals surface area contributed by atoms with Gasteiger partial charge in [-0.3, -0.25) is 9.59 Å². The number of halogens is 1. The minimum Gasteiger partial charge on any atom is -0.497 e. The molecule has 2 N–H and O–H groups in total. The van der Waals surface area contributed by atoms with Gasteiger partial charge < -0.3 is 15.2 Å². The number of hydrogen-bond donors (Lipinski definition) is 2. The minimum atomic E-state index is -1.02. The van der Waals surface area contributed by atoms with E-state index in [0.717, 1.165) is 4.88 Å². The fourth-order valence-electron chi connectivity index (χ4n) is 2.58. The molecule has 1 amide bonds. The molecule has 1 aromatic carbocycles. The summed E-state index contributed by atoms with van der Waals surface area (Å²) in [7, 11) is 1.54. The largest absolute Gasteiger partial charge is 0.497 e. The monoisotopic (exact) mass is 381 g/mol. The molecule has 5 nitrogen and oxygen atoms in total. The Kier molecular flexibility index (Phi) is 6.45. The van der Waals surface area contributed by atoms with Gasteiger partial charge in [0, 0.05) is 16.7 Å². The highest BCUT2D eigenvalue weighted by Crippen LogP contribution is 2.28. The lowest BCUT2D eigenvalue weighted by molar-refractivity contribution is -0.139. The highest BCUT2D eigenvalue weighted by atomic mass is 35.5. The molecule has 1 aromatic heterocycles. The Morgan fingerprint density at radius 1 is 1.36 bits per heavy atom. The Labute approximate surface area is 155 Å². The second kappa shape index (κ2) is 8.36. The summed E-state index contributed by atoms with van der Waals surface area (Å²) in [5.41, 5.74) is -0.341. The van der Waals surface area contributed by atoms with Crippen LogP contribution in [0.2, 0.25) is 5.02 Å². The van der Waals surface area contributed by atoms with Crippen molar-refractivity contribution >= 4 is 34.8 Å². The smallest absolute Gasteiger partial charge is 0.306 e. The summed E-state index contributed by atoms with van der Waals surface area (Å²) < 4.78 is 5.20. The van der Waals surface area contributed by atoms with Crippen molar-refractivity contribution in [2.75, 3.05) is 7.11 Å². The van der Waals surface area contributed by atoms with Crippen LogP contribution < -0.4 is 10.1 Å². The number of ether oxygens (including phenoxy) is 1. The summed E-state index contributed by atoms with van der Waals surface area (Å²) >= 11 is 7.38. The fraction of sp³-hybridized carbons (Fsp3) is 0.333. The second-order valence-corrected chi connectivity index (χ2v) is 7.35. The van der Waals surface area contributed by atoms with E-state index in [2.05, 4.69) is 5.32 Å². The lowest BCUT2D eigenvalue weighted by Gasteiger charge is -2.30. The third-order valence-electron chi connectivity index (χ3n) is 3.85. The number of carboxylic acid groups (broad SMARTS) is 1. The molecular weight excluding hydrogens is 362 g/mol. The van der Waals surface area contributed by atoms with E-state index in [1.807, 2.05) is 11.4 Å². The zero-order chi connectivity index (χ0) is 18.4. The van der Waals surface area contributed by atoms with Gasteiger partial charge in [-0.2, -0.15) is 0 Å². The number of methoxy groups -OCH3 is 1. The van der Waals surface area contributed by atoms with Crippen LogP contribution in [0.15, 0.2) is 35.7 Å². The lowest BCUT2D eigenvalue weighted by atomic mass is 9.88. The molecule has 1 unspecified atom stereocenters. The van der Waals surface area contributed by atoms with E-state index in [1.54, 1.807) is 38.3 Å². The molecule has 0 radical (unpaired) electrons. The SMILES string of the molecule is COc1cccc(C(C)(CC(=O)O)NC(=O)CCc2cc(Cl)cs2)c1. The van der Waals surface area contributed by atoms with Gasteiger partial charge >= 0.3 is 5.97 Å². The van der Waals surface area contributed by atoms with Crippen LogP contribution in [0.5, 0.6) is 5.75 Å². The Morgan fingerprint density at radius 3 is 2.72 bits per heavy atom. The molecule has 0 aliphatic rings. The molecule has 0 aliphatic carbocycles. The zero-order valence-corrected chi connectivity index (χ0v) is 15.6.